The molecule has 2 atom stereocenters. The van der Waals surface area contributed by atoms with Crippen molar-refractivity contribution in [2.45, 2.75) is 16.7 Å². The Balaban J connectivity index is 1.86. The maximum absolute atomic E-state index is 13.3. The van der Waals surface area contributed by atoms with Gasteiger partial charge in [0.2, 0.25) is 10.0 Å². The number of hydrogen-bond donors (Lipinski definition) is 2. The standard InChI is InChI=1S/C20H17F5N2O5S/c21-16-3-2-15(6-17(16)22)32-9-14-8-27(10-19(14,29)11-28)33(30,31)18-4-1-13(20(23,24)25)5-12(18)7-26/h1-6,14,28-29H,8-11H2/t14-,19-/m1/s1. The first-order valence-corrected chi connectivity index (χ1v) is 10.8. The summed E-state index contributed by atoms with van der Waals surface area (Å²) < 4.78 is 97.3. The molecule has 1 aliphatic heterocycles. The second kappa shape index (κ2) is 8.86. The minimum Gasteiger partial charge on any atom is -0.493 e. The van der Waals surface area contributed by atoms with Crippen LogP contribution in [0.1, 0.15) is 11.1 Å². The SMILES string of the molecule is N#Cc1cc(C(F)(F)F)ccc1S(=O)(=O)N1C[C@H](COc2ccc(F)c(F)c2)[C@](O)(CO)C1. The summed E-state index contributed by atoms with van der Waals surface area (Å²) in [5.74, 6) is -3.44. The zero-order chi connectivity index (χ0) is 24.6. The minimum atomic E-state index is -4.79. The van der Waals surface area contributed by atoms with Crippen molar-refractivity contribution in [2.75, 3.05) is 26.3 Å². The zero-order valence-electron chi connectivity index (χ0n) is 16.7. The third-order valence-corrected chi connectivity index (χ3v) is 7.17. The van der Waals surface area contributed by atoms with Crippen LogP contribution in [0.4, 0.5) is 22.0 Å². The molecule has 0 spiro atoms. The van der Waals surface area contributed by atoms with E-state index in [2.05, 4.69) is 0 Å². The second-order valence-corrected chi connectivity index (χ2v) is 9.37. The van der Waals surface area contributed by atoms with Gasteiger partial charge in [-0.2, -0.15) is 22.7 Å². The molecule has 2 aromatic carbocycles. The van der Waals surface area contributed by atoms with Crippen LogP contribution >= 0.6 is 0 Å². The molecule has 178 valence electrons. The molecule has 2 N–H and O–H groups in total. The maximum Gasteiger partial charge on any atom is 0.416 e. The van der Waals surface area contributed by atoms with Gasteiger partial charge in [-0.3, -0.25) is 0 Å². The number of aliphatic hydroxyl groups is 2. The van der Waals surface area contributed by atoms with Crippen molar-refractivity contribution in [3.05, 3.63) is 59.2 Å². The van der Waals surface area contributed by atoms with E-state index in [1.807, 2.05) is 0 Å². The molecule has 1 aliphatic rings. The molecule has 0 radical (unpaired) electrons. The molecule has 0 aliphatic carbocycles. The number of alkyl halides is 3. The normalized spacial score (nSPS) is 21.7. The smallest absolute Gasteiger partial charge is 0.416 e. The molecular weight excluding hydrogens is 475 g/mol. The molecule has 0 saturated carbocycles. The first kappa shape index (κ1) is 24.8. The van der Waals surface area contributed by atoms with Crippen molar-refractivity contribution in [2.24, 2.45) is 5.92 Å². The molecule has 2 aromatic rings. The summed E-state index contributed by atoms with van der Waals surface area (Å²) >= 11 is 0. The third-order valence-electron chi connectivity index (χ3n) is 5.30. The highest BCUT2D eigenvalue weighted by molar-refractivity contribution is 7.89. The number of β-amino-alcohol motifs (C(OH)–C–C–N with tert-alkyl or cyclic N) is 1. The average Bonchev–Trinajstić information content (AvgIpc) is 3.11. The van der Waals surface area contributed by atoms with E-state index in [0.29, 0.717) is 22.5 Å². The number of aliphatic hydroxyl groups excluding tert-OH is 1. The highest BCUT2D eigenvalue weighted by atomic mass is 32.2. The predicted octanol–water partition coefficient (Wildman–Crippen LogP) is 2.28. The van der Waals surface area contributed by atoms with Crippen molar-refractivity contribution in [1.29, 1.82) is 5.26 Å². The number of benzene rings is 2. The van der Waals surface area contributed by atoms with Crippen molar-refractivity contribution in [3.63, 3.8) is 0 Å². The highest BCUT2D eigenvalue weighted by Crippen LogP contribution is 2.36. The molecule has 3 rings (SSSR count). The van der Waals surface area contributed by atoms with Crippen LogP contribution in [-0.4, -0.2) is 54.8 Å². The van der Waals surface area contributed by atoms with Crippen molar-refractivity contribution >= 4 is 10.0 Å². The molecule has 13 heteroatoms. The van der Waals surface area contributed by atoms with Crippen LogP contribution in [0.15, 0.2) is 41.3 Å². The minimum absolute atomic E-state index is 0.106. The lowest BCUT2D eigenvalue weighted by atomic mass is 9.92. The van der Waals surface area contributed by atoms with Gasteiger partial charge in [0, 0.05) is 25.1 Å². The van der Waals surface area contributed by atoms with Gasteiger partial charge >= 0.3 is 6.18 Å². The fraction of sp³-hybridized carbons (Fsp3) is 0.350. The molecule has 33 heavy (non-hydrogen) atoms. The molecule has 0 unspecified atom stereocenters. The van der Waals surface area contributed by atoms with E-state index in [4.69, 9.17) is 4.74 Å². The zero-order valence-corrected chi connectivity index (χ0v) is 17.5. The summed E-state index contributed by atoms with van der Waals surface area (Å²) in [5.41, 5.74) is -3.94. The number of nitrogens with zero attached hydrogens (tertiary/aromatic N) is 2. The van der Waals surface area contributed by atoms with Gasteiger partial charge in [-0.15, -0.1) is 0 Å². The van der Waals surface area contributed by atoms with E-state index in [1.54, 1.807) is 0 Å². The van der Waals surface area contributed by atoms with Gasteiger partial charge < -0.3 is 14.9 Å². The Morgan fingerprint density at radius 1 is 1.18 bits per heavy atom. The molecule has 1 heterocycles. The number of hydrogen-bond acceptors (Lipinski definition) is 6. The van der Waals surface area contributed by atoms with Gasteiger partial charge in [-0.25, -0.2) is 17.2 Å². The summed E-state index contributed by atoms with van der Waals surface area (Å²) in [6.07, 6.45) is -4.79. The number of rotatable bonds is 6. The predicted molar refractivity (Wildman–Crippen MR) is 102 cm³/mol. The quantitative estimate of drug-likeness (QED) is 0.599. The van der Waals surface area contributed by atoms with Crippen LogP contribution in [0.5, 0.6) is 5.75 Å². The Morgan fingerprint density at radius 2 is 1.88 bits per heavy atom. The van der Waals surface area contributed by atoms with Gasteiger partial charge in [0.1, 0.15) is 17.4 Å². The molecular formula is C20H17F5N2O5S. The molecule has 1 fully saturated rings. The van der Waals surface area contributed by atoms with Crippen molar-refractivity contribution in [1.82, 2.24) is 4.31 Å². The fourth-order valence-corrected chi connectivity index (χ4v) is 5.08. The van der Waals surface area contributed by atoms with Gasteiger partial charge in [-0.05, 0) is 30.3 Å². The second-order valence-electron chi connectivity index (χ2n) is 7.46. The summed E-state index contributed by atoms with van der Waals surface area (Å²) in [6.45, 7) is -2.34. The van der Waals surface area contributed by atoms with Crippen LogP contribution < -0.4 is 4.74 Å². The Bertz CT molecular complexity index is 1200. The maximum atomic E-state index is 13.3. The summed E-state index contributed by atoms with van der Waals surface area (Å²) in [7, 11) is -4.55. The van der Waals surface area contributed by atoms with Crippen molar-refractivity contribution in [3.8, 4) is 11.8 Å². The molecule has 7 nitrogen and oxygen atoms in total. The van der Waals surface area contributed by atoms with E-state index in [9.17, 15) is 45.8 Å². The summed E-state index contributed by atoms with van der Waals surface area (Å²) in [6, 6.07) is 5.68. The number of halogens is 5. The first-order valence-electron chi connectivity index (χ1n) is 9.34. The lowest BCUT2D eigenvalue weighted by Crippen LogP contribution is -2.44. The van der Waals surface area contributed by atoms with E-state index in [0.717, 1.165) is 18.2 Å². The average molecular weight is 492 g/mol. The largest absolute Gasteiger partial charge is 0.493 e. The van der Waals surface area contributed by atoms with E-state index in [-0.39, 0.29) is 5.75 Å². The lowest BCUT2D eigenvalue weighted by Gasteiger charge is -2.26. The van der Waals surface area contributed by atoms with E-state index in [1.165, 1.54) is 6.07 Å². The Morgan fingerprint density at radius 3 is 2.45 bits per heavy atom. The van der Waals surface area contributed by atoms with Gasteiger partial charge in [0.25, 0.3) is 0 Å². The summed E-state index contributed by atoms with van der Waals surface area (Å²) in [5, 5.41) is 29.6. The van der Waals surface area contributed by atoms with E-state index >= 15 is 0 Å². The van der Waals surface area contributed by atoms with Gasteiger partial charge in [0.05, 0.1) is 29.2 Å². The van der Waals surface area contributed by atoms with Crippen LogP contribution in [-0.2, 0) is 16.2 Å². The van der Waals surface area contributed by atoms with Crippen LogP contribution in [0.3, 0.4) is 0 Å². The summed E-state index contributed by atoms with van der Waals surface area (Å²) in [4.78, 5) is -0.694. The molecule has 0 bridgehead atoms. The van der Waals surface area contributed by atoms with Gasteiger partial charge in [0.15, 0.2) is 11.6 Å². The molecule has 0 aromatic heterocycles. The van der Waals surface area contributed by atoms with E-state index < -0.39 is 81.7 Å². The lowest BCUT2D eigenvalue weighted by molar-refractivity contribution is -0.137. The fourth-order valence-electron chi connectivity index (χ4n) is 3.41. The van der Waals surface area contributed by atoms with Crippen LogP contribution in [0.25, 0.3) is 0 Å². The topological polar surface area (TPSA) is 111 Å². The monoisotopic (exact) mass is 492 g/mol. The number of ether oxygens (including phenoxy) is 1. The molecule has 0 amide bonds. The Hall–Kier alpha value is -2.79. The Kier molecular flexibility index (Phi) is 6.67. The molecule has 1 saturated heterocycles. The van der Waals surface area contributed by atoms with Crippen molar-refractivity contribution < 1.29 is 45.3 Å². The van der Waals surface area contributed by atoms with Crippen LogP contribution in [0, 0.1) is 28.9 Å². The Labute approximate surface area is 185 Å². The third kappa shape index (κ3) is 4.93. The number of nitriles is 1. The van der Waals surface area contributed by atoms with Crippen LogP contribution in [0.2, 0.25) is 0 Å². The number of sulfonamides is 1. The first-order chi connectivity index (χ1) is 15.3. The highest BCUT2D eigenvalue weighted by Gasteiger charge is 2.50. The van der Waals surface area contributed by atoms with Gasteiger partial charge in [-0.1, -0.05) is 0 Å².